The Morgan fingerprint density at radius 2 is 1.95 bits per heavy atom. The highest BCUT2D eigenvalue weighted by Gasteiger charge is 2.25. The molecule has 2 rings (SSSR count). The average molecular weight is 312 g/mol. The third kappa shape index (κ3) is 3.23. The lowest BCUT2D eigenvalue weighted by Gasteiger charge is -2.23. The van der Waals surface area contributed by atoms with Crippen LogP contribution in [-0.2, 0) is 0 Å². The molecule has 0 aromatic heterocycles. The van der Waals surface area contributed by atoms with E-state index >= 15 is 0 Å². The Labute approximate surface area is 127 Å². The molecular weight excluding hydrogens is 296 g/mol. The Morgan fingerprint density at radius 1 is 1.24 bits per heavy atom. The van der Waals surface area contributed by atoms with E-state index in [0.29, 0.717) is 11.1 Å². The molecule has 2 aromatic rings. The normalized spacial score (nSPS) is 14.0. The molecule has 2 aromatic carbocycles. The highest BCUT2D eigenvalue weighted by molar-refractivity contribution is 6.30. The van der Waals surface area contributed by atoms with Gasteiger partial charge in [0.05, 0.1) is 11.1 Å². The van der Waals surface area contributed by atoms with E-state index in [1.54, 1.807) is 19.1 Å². The molecule has 21 heavy (non-hydrogen) atoms. The van der Waals surface area contributed by atoms with Gasteiger partial charge in [-0.3, -0.25) is 0 Å². The van der Waals surface area contributed by atoms with E-state index in [2.05, 4.69) is 0 Å². The van der Waals surface area contributed by atoms with Gasteiger partial charge in [-0.1, -0.05) is 35.9 Å². The summed E-state index contributed by atoms with van der Waals surface area (Å²) in [6, 6.07) is 8.85. The van der Waals surface area contributed by atoms with Gasteiger partial charge in [-0.25, -0.2) is 8.78 Å². The van der Waals surface area contributed by atoms with Crippen molar-refractivity contribution in [2.75, 3.05) is 6.54 Å². The van der Waals surface area contributed by atoms with Crippen molar-refractivity contribution in [1.82, 2.24) is 0 Å². The fourth-order valence-corrected chi connectivity index (χ4v) is 2.50. The van der Waals surface area contributed by atoms with Crippen molar-refractivity contribution < 1.29 is 13.9 Å². The molecule has 0 amide bonds. The van der Waals surface area contributed by atoms with Crippen LogP contribution in [0.15, 0.2) is 36.4 Å². The summed E-state index contributed by atoms with van der Waals surface area (Å²) in [6.07, 6.45) is -1.04. The first-order chi connectivity index (χ1) is 9.95. The van der Waals surface area contributed by atoms with Crippen LogP contribution in [0, 0.1) is 18.6 Å². The second-order valence-electron chi connectivity index (χ2n) is 4.94. The van der Waals surface area contributed by atoms with Crippen LogP contribution >= 0.6 is 11.6 Å². The molecule has 0 radical (unpaired) electrons. The molecule has 0 heterocycles. The first-order valence-electron chi connectivity index (χ1n) is 6.53. The maximum atomic E-state index is 14.1. The molecule has 2 nitrogen and oxygen atoms in total. The lowest BCUT2D eigenvalue weighted by molar-refractivity contribution is 0.145. The largest absolute Gasteiger partial charge is 0.388 e. The van der Waals surface area contributed by atoms with Crippen molar-refractivity contribution in [3.63, 3.8) is 0 Å². The minimum absolute atomic E-state index is 0.0200. The lowest BCUT2D eigenvalue weighted by Crippen LogP contribution is -2.21. The fourth-order valence-electron chi connectivity index (χ4n) is 2.32. The molecule has 0 bridgehead atoms. The quantitative estimate of drug-likeness (QED) is 0.904. The van der Waals surface area contributed by atoms with Gasteiger partial charge in [0.25, 0.3) is 0 Å². The summed E-state index contributed by atoms with van der Waals surface area (Å²) in [5, 5.41) is 10.4. The second-order valence-corrected chi connectivity index (χ2v) is 5.35. The average Bonchev–Trinajstić information content (AvgIpc) is 2.47. The number of nitrogens with two attached hydrogens (primary N) is 1. The van der Waals surface area contributed by atoms with E-state index in [1.807, 2.05) is 0 Å². The number of hydrogen-bond donors (Lipinski definition) is 2. The zero-order valence-corrected chi connectivity index (χ0v) is 12.2. The minimum atomic E-state index is -1.04. The van der Waals surface area contributed by atoms with Gasteiger partial charge < -0.3 is 10.8 Å². The first kappa shape index (κ1) is 15.9. The van der Waals surface area contributed by atoms with Crippen molar-refractivity contribution in [2.45, 2.75) is 18.9 Å². The zero-order chi connectivity index (χ0) is 15.6. The SMILES string of the molecule is Cc1cc(C(O)C(CN)c2cccc(Cl)c2F)ccc1F. The third-order valence-electron chi connectivity index (χ3n) is 3.54. The summed E-state index contributed by atoms with van der Waals surface area (Å²) in [5.74, 6) is -1.61. The summed E-state index contributed by atoms with van der Waals surface area (Å²) in [7, 11) is 0. The molecule has 5 heteroatoms. The number of benzene rings is 2. The molecule has 0 aliphatic rings. The molecule has 2 atom stereocenters. The number of halogens is 3. The van der Waals surface area contributed by atoms with Crippen LogP contribution in [0.25, 0.3) is 0 Å². The molecule has 0 saturated heterocycles. The number of aliphatic hydroxyl groups excluding tert-OH is 1. The van der Waals surface area contributed by atoms with E-state index in [-0.39, 0.29) is 22.9 Å². The molecular formula is C16H16ClF2NO. The van der Waals surface area contributed by atoms with Crippen LogP contribution in [0.1, 0.15) is 28.7 Å². The third-order valence-corrected chi connectivity index (χ3v) is 3.83. The number of rotatable bonds is 4. The van der Waals surface area contributed by atoms with Crippen molar-refractivity contribution >= 4 is 11.6 Å². The summed E-state index contributed by atoms with van der Waals surface area (Å²) in [6.45, 7) is 1.64. The predicted octanol–water partition coefficient (Wildman–Crippen LogP) is 3.70. The molecule has 0 fully saturated rings. The monoisotopic (exact) mass is 311 g/mol. The fraction of sp³-hybridized carbons (Fsp3) is 0.250. The Hall–Kier alpha value is -1.49. The highest BCUT2D eigenvalue weighted by Crippen LogP contribution is 2.34. The Kier molecular flexibility index (Phi) is 4.93. The van der Waals surface area contributed by atoms with Gasteiger partial charge in [0.2, 0.25) is 0 Å². The van der Waals surface area contributed by atoms with Crippen LogP contribution in [0.5, 0.6) is 0 Å². The summed E-state index contributed by atoms with van der Waals surface area (Å²) >= 11 is 5.76. The Bertz CT molecular complexity index is 648. The van der Waals surface area contributed by atoms with Gasteiger partial charge >= 0.3 is 0 Å². The van der Waals surface area contributed by atoms with Gasteiger partial charge in [-0.05, 0) is 35.7 Å². The summed E-state index contributed by atoms with van der Waals surface area (Å²) < 4.78 is 27.4. The molecule has 0 aliphatic heterocycles. The maximum Gasteiger partial charge on any atom is 0.145 e. The Morgan fingerprint density at radius 3 is 2.57 bits per heavy atom. The van der Waals surface area contributed by atoms with Crippen LogP contribution in [0.4, 0.5) is 8.78 Å². The van der Waals surface area contributed by atoms with Gasteiger partial charge in [0.15, 0.2) is 0 Å². The number of aryl methyl sites for hydroxylation is 1. The number of aliphatic hydroxyl groups is 1. The zero-order valence-electron chi connectivity index (χ0n) is 11.5. The number of hydrogen-bond acceptors (Lipinski definition) is 2. The lowest BCUT2D eigenvalue weighted by atomic mass is 9.88. The topological polar surface area (TPSA) is 46.2 Å². The van der Waals surface area contributed by atoms with Gasteiger partial charge in [-0.15, -0.1) is 0 Å². The molecule has 3 N–H and O–H groups in total. The van der Waals surface area contributed by atoms with Crippen molar-refractivity contribution in [3.05, 3.63) is 69.7 Å². The second kappa shape index (κ2) is 6.52. The first-order valence-corrected chi connectivity index (χ1v) is 6.91. The minimum Gasteiger partial charge on any atom is -0.388 e. The van der Waals surface area contributed by atoms with Gasteiger partial charge in [0, 0.05) is 12.5 Å². The van der Waals surface area contributed by atoms with E-state index in [4.69, 9.17) is 17.3 Å². The Balaban J connectivity index is 2.40. The van der Waals surface area contributed by atoms with E-state index in [1.165, 1.54) is 24.3 Å². The predicted molar refractivity (Wildman–Crippen MR) is 79.3 cm³/mol. The molecule has 2 unspecified atom stereocenters. The van der Waals surface area contributed by atoms with Crippen LogP contribution in [0.3, 0.4) is 0 Å². The van der Waals surface area contributed by atoms with Crippen molar-refractivity contribution in [3.8, 4) is 0 Å². The maximum absolute atomic E-state index is 14.1. The molecule has 0 saturated carbocycles. The van der Waals surface area contributed by atoms with Gasteiger partial charge in [-0.2, -0.15) is 0 Å². The highest BCUT2D eigenvalue weighted by atomic mass is 35.5. The molecule has 112 valence electrons. The smallest absolute Gasteiger partial charge is 0.145 e. The standard InChI is InChI=1S/C16H16ClF2NO/c1-9-7-10(5-6-14(9)18)16(21)12(8-20)11-3-2-4-13(17)15(11)19/h2-7,12,16,21H,8,20H2,1H3. The summed E-state index contributed by atoms with van der Waals surface area (Å²) in [5.41, 5.74) is 6.84. The molecule has 0 aliphatic carbocycles. The van der Waals surface area contributed by atoms with E-state index < -0.39 is 17.8 Å². The van der Waals surface area contributed by atoms with Gasteiger partial charge in [0.1, 0.15) is 11.6 Å². The van der Waals surface area contributed by atoms with Crippen LogP contribution in [-0.4, -0.2) is 11.7 Å². The van der Waals surface area contributed by atoms with Crippen LogP contribution in [0.2, 0.25) is 5.02 Å². The van der Waals surface area contributed by atoms with Crippen LogP contribution < -0.4 is 5.73 Å². The van der Waals surface area contributed by atoms with Crippen molar-refractivity contribution in [1.29, 1.82) is 0 Å². The molecule has 0 spiro atoms. The van der Waals surface area contributed by atoms with E-state index in [0.717, 1.165) is 0 Å². The summed E-state index contributed by atoms with van der Waals surface area (Å²) in [4.78, 5) is 0. The van der Waals surface area contributed by atoms with Crippen molar-refractivity contribution in [2.24, 2.45) is 5.73 Å². The van der Waals surface area contributed by atoms with E-state index in [9.17, 15) is 13.9 Å².